The van der Waals surface area contributed by atoms with E-state index in [1.807, 2.05) is 6.92 Å². The van der Waals surface area contributed by atoms with Gasteiger partial charge in [0.15, 0.2) is 0 Å². The molecule has 0 unspecified atom stereocenters. The minimum atomic E-state index is -0.256. The molecule has 0 radical (unpaired) electrons. The second-order valence-corrected chi connectivity index (χ2v) is 5.52. The number of aromatic nitrogens is 1. The summed E-state index contributed by atoms with van der Waals surface area (Å²) in [6.07, 6.45) is 1.53. The van der Waals surface area contributed by atoms with Gasteiger partial charge in [0.1, 0.15) is 11.5 Å². The number of halogens is 1. The second-order valence-electron chi connectivity index (χ2n) is 3.85. The van der Waals surface area contributed by atoms with Crippen LogP contribution in [0.25, 0.3) is 0 Å². The quantitative estimate of drug-likeness (QED) is 0.839. The monoisotopic (exact) mass is 306 g/mol. The number of rotatable bonds is 2. The molecule has 0 aliphatic heterocycles. The molecule has 1 aromatic carbocycles. The third-order valence-electron chi connectivity index (χ3n) is 2.38. The molecule has 0 saturated carbocycles. The van der Waals surface area contributed by atoms with E-state index in [1.54, 1.807) is 18.2 Å². The summed E-state index contributed by atoms with van der Waals surface area (Å²) in [6, 6.07) is 4.98. The normalized spacial score (nSPS) is 9.75. The van der Waals surface area contributed by atoms with Gasteiger partial charge in [-0.3, -0.25) is 4.79 Å². The van der Waals surface area contributed by atoms with Crippen LogP contribution < -0.4 is 5.32 Å². The van der Waals surface area contributed by atoms with Crippen molar-refractivity contribution in [3.05, 3.63) is 44.9 Å². The minimum absolute atomic E-state index is 0.245. The molecule has 0 bridgehead atoms. The summed E-state index contributed by atoms with van der Waals surface area (Å²) in [5.41, 5.74) is 1.10. The summed E-state index contributed by atoms with van der Waals surface area (Å²) in [5.74, 6) is 5.04. The van der Waals surface area contributed by atoms with Crippen LogP contribution >= 0.6 is 22.9 Å². The van der Waals surface area contributed by atoms with E-state index in [0.717, 1.165) is 5.01 Å². The van der Waals surface area contributed by atoms with Gasteiger partial charge in [-0.1, -0.05) is 23.4 Å². The van der Waals surface area contributed by atoms with E-state index in [0.29, 0.717) is 21.2 Å². The molecular weight excluding hydrogens is 296 g/mol. The van der Waals surface area contributed by atoms with Gasteiger partial charge in [0, 0.05) is 10.6 Å². The number of carbonyl (C=O) groups is 1. The Hall–Kier alpha value is -1.87. The lowest BCUT2D eigenvalue weighted by atomic mass is 10.2. The molecule has 1 heterocycles. The van der Waals surface area contributed by atoms with E-state index in [9.17, 15) is 4.79 Å². The number of benzene rings is 1. The van der Waals surface area contributed by atoms with Gasteiger partial charge >= 0.3 is 0 Å². The van der Waals surface area contributed by atoms with Gasteiger partial charge in [-0.05, 0) is 25.1 Å². The highest BCUT2D eigenvalue weighted by Crippen LogP contribution is 2.21. The molecule has 0 saturated heterocycles. The zero-order valence-corrected chi connectivity index (χ0v) is 12.2. The molecule has 2 rings (SSSR count). The predicted molar refractivity (Wildman–Crippen MR) is 80.2 cm³/mol. The predicted octanol–water partition coefficient (Wildman–Crippen LogP) is 2.70. The molecule has 1 amide bonds. The van der Waals surface area contributed by atoms with E-state index >= 15 is 0 Å². The van der Waals surface area contributed by atoms with Gasteiger partial charge in [0.2, 0.25) is 0 Å². The number of anilines is 1. The van der Waals surface area contributed by atoms with E-state index in [2.05, 4.69) is 22.1 Å². The van der Waals surface area contributed by atoms with Crippen molar-refractivity contribution in [2.45, 2.75) is 6.92 Å². The van der Waals surface area contributed by atoms with Crippen molar-refractivity contribution in [3.8, 4) is 11.8 Å². The number of aliphatic hydroxyl groups is 1. The van der Waals surface area contributed by atoms with Crippen molar-refractivity contribution in [1.82, 2.24) is 4.98 Å². The van der Waals surface area contributed by atoms with Gasteiger partial charge in [-0.15, -0.1) is 11.3 Å². The number of nitrogens with one attached hydrogen (secondary N) is 1. The minimum Gasteiger partial charge on any atom is -0.384 e. The van der Waals surface area contributed by atoms with Crippen LogP contribution in [-0.4, -0.2) is 22.6 Å². The van der Waals surface area contributed by atoms with Crippen LogP contribution in [0.3, 0.4) is 0 Å². The molecule has 0 fully saturated rings. The lowest BCUT2D eigenvalue weighted by Gasteiger charge is -2.06. The molecule has 102 valence electrons. The fraction of sp³-hybridized carbons (Fsp3) is 0.143. The molecular formula is C14H11ClN2O2S. The third-order valence-corrected chi connectivity index (χ3v) is 3.52. The van der Waals surface area contributed by atoms with Crippen molar-refractivity contribution in [2.24, 2.45) is 0 Å². The molecule has 1 aromatic heterocycles. The van der Waals surface area contributed by atoms with E-state index in [1.165, 1.54) is 17.5 Å². The van der Waals surface area contributed by atoms with Crippen molar-refractivity contribution < 1.29 is 9.90 Å². The average Bonchev–Trinajstić information content (AvgIpc) is 2.85. The summed E-state index contributed by atoms with van der Waals surface area (Å²) in [5, 5.41) is 12.9. The molecule has 6 heteroatoms. The number of thiazole rings is 1. The summed E-state index contributed by atoms with van der Waals surface area (Å²) in [6.45, 7) is 1.58. The SMILES string of the molecule is Cc1ncc(C(=O)Nc2ccc(Cl)cc2C#CCO)s1. The molecule has 2 N–H and O–H groups in total. The Morgan fingerprint density at radius 1 is 1.55 bits per heavy atom. The molecule has 2 aromatic rings. The van der Waals surface area contributed by atoms with E-state index in [4.69, 9.17) is 16.7 Å². The van der Waals surface area contributed by atoms with Gasteiger partial charge < -0.3 is 10.4 Å². The first kappa shape index (κ1) is 14.5. The second kappa shape index (κ2) is 6.53. The van der Waals surface area contributed by atoms with E-state index in [-0.39, 0.29) is 12.5 Å². The third kappa shape index (κ3) is 3.58. The lowest BCUT2D eigenvalue weighted by molar-refractivity contribution is 0.103. The highest BCUT2D eigenvalue weighted by Gasteiger charge is 2.11. The largest absolute Gasteiger partial charge is 0.384 e. The molecule has 0 atom stereocenters. The van der Waals surface area contributed by atoms with Crippen LogP contribution in [-0.2, 0) is 0 Å². The van der Waals surface area contributed by atoms with Crippen molar-refractivity contribution in [1.29, 1.82) is 0 Å². The van der Waals surface area contributed by atoms with Gasteiger partial charge in [-0.25, -0.2) is 4.98 Å². The number of hydrogen-bond acceptors (Lipinski definition) is 4. The van der Waals surface area contributed by atoms with Crippen LogP contribution in [0, 0.1) is 18.8 Å². The maximum absolute atomic E-state index is 12.1. The first-order valence-corrected chi connectivity index (χ1v) is 6.92. The first-order valence-electron chi connectivity index (χ1n) is 5.73. The Morgan fingerprint density at radius 3 is 3.00 bits per heavy atom. The zero-order chi connectivity index (χ0) is 14.5. The highest BCUT2D eigenvalue weighted by atomic mass is 35.5. The number of amides is 1. The summed E-state index contributed by atoms with van der Waals surface area (Å²) in [4.78, 5) is 16.6. The van der Waals surface area contributed by atoms with Crippen molar-refractivity contribution in [3.63, 3.8) is 0 Å². The smallest absolute Gasteiger partial charge is 0.267 e. The van der Waals surface area contributed by atoms with Gasteiger partial charge in [0.25, 0.3) is 5.91 Å². The Balaban J connectivity index is 2.26. The molecule has 20 heavy (non-hydrogen) atoms. The lowest BCUT2D eigenvalue weighted by Crippen LogP contribution is -2.11. The number of carbonyl (C=O) groups excluding carboxylic acids is 1. The van der Waals surface area contributed by atoms with Crippen LogP contribution in [0.2, 0.25) is 5.02 Å². The fourth-order valence-corrected chi connectivity index (χ4v) is 2.36. The van der Waals surface area contributed by atoms with Crippen LogP contribution in [0.4, 0.5) is 5.69 Å². The fourth-order valence-electron chi connectivity index (χ4n) is 1.51. The van der Waals surface area contributed by atoms with Gasteiger partial charge in [-0.2, -0.15) is 0 Å². The molecule has 0 aliphatic carbocycles. The zero-order valence-electron chi connectivity index (χ0n) is 10.6. The number of hydrogen-bond donors (Lipinski definition) is 2. The van der Waals surface area contributed by atoms with Crippen LogP contribution in [0.15, 0.2) is 24.4 Å². The van der Waals surface area contributed by atoms with Crippen molar-refractivity contribution >= 4 is 34.5 Å². The Kier molecular flexibility index (Phi) is 4.74. The summed E-state index contributed by atoms with van der Waals surface area (Å²) in [7, 11) is 0. The molecule has 4 nitrogen and oxygen atoms in total. The number of aryl methyl sites for hydroxylation is 1. The van der Waals surface area contributed by atoms with Gasteiger partial charge in [0.05, 0.1) is 16.9 Å². The maximum atomic E-state index is 12.1. The summed E-state index contributed by atoms with van der Waals surface area (Å²) < 4.78 is 0. The first-order chi connectivity index (χ1) is 9.60. The molecule has 0 spiro atoms. The van der Waals surface area contributed by atoms with E-state index < -0.39 is 0 Å². The standard InChI is InChI=1S/C14H11ClN2O2S/c1-9-16-8-13(20-9)14(19)17-12-5-4-11(15)7-10(12)3-2-6-18/h4-5,7-8,18H,6H2,1H3,(H,17,19). The average molecular weight is 307 g/mol. The number of nitrogens with zero attached hydrogens (tertiary/aromatic N) is 1. The van der Waals surface area contributed by atoms with Crippen LogP contribution in [0.5, 0.6) is 0 Å². The number of aliphatic hydroxyl groups excluding tert-OH is 1. The highest BCUT2D eigenvalue weighted by molar-refractivity contribution is 7.13. The topological polar surface area (TPSA) is 62.2 Å². The van der Waals surface area contributed by atoms with Crippen LogP contribution in [0.1, 0.15) is 20.2 Å². The Bertz CT molecular complexity index is 701. The Labute approximate surface area is 125 Å². The molecule has 0 aliphatic rings. The Morgan fingerprint density at radius 2 is 2.35 bits per heavy atom. The van der Waals surface area contributed by atoms with Crippen molar-refractivity contribution in [2.75, 3.05) is 11.9 Å². The maximum Gasteiger partial charge on any atom is 0.267 e. The summed E-state index contributed by atoms with van der Waals surface area (Å²) >= 11 is 7.22.